The molecule has 0 bridgehead atoms. The molecule has 1 unspecified atom stereocenters. The number of benzene rings is 1. The fourth-order valence-corrected chi connectivity index (χ4v) is 2.40. The van der Waals surface area contributed by atoms with Gasteiger partial charge in [0, 0.05) is 5.02 Å². The molecule has 0 fully saturated rings. The van der Waals surface area contributed by atoms with Crippen molar-refractivity contribution in [2.45, 2.75) is 45.8 Å². The highest BCUT2D eigenvalue weighted by atomic mass is 35.5. The van der Waals surface area contributed by atoms with Crippen molar-refractivity contribution in [2.75, 3.05) is 0 Å². The van der Waals surface area contributed by atoms with E-state index in [4.69, 9.17) is 11.6 Å². The number of aromatic nitrogens is 3. The van der Waals surface area contributed by atoms with E-state index in [1.165, 1.54) is 11.9 Å². The standard InChI is InChI=1S/C16H22ClN3O/c1-15(2,3)16(21,10-20-12-18-11-19-20)9-8-13-4-6-14(17)7-5-13/h4-7,11-12,21H,8-10H2,1-3H3/i4+1,5+1,6+1,7+1,13+1,14+1. The molecule has 21 heavy (non-hydrogen) atoms. The number of aliphatic hydroxyl groups is 1. The number of rotatable bonds is 5. The van der Waals surface area contributed by atoms with Crippen LogP contribution in [0.15, 0.2) is 36.9 Å². The van der Waals surface area contributed by atoms with Crippen LogP contribution < -0.4 is 0 Å². The third-order valence-corrected chi connectivity index (χ3v) is 4.28. The van der Waals surface area contributed by atoms with Crippen LogP contribution in [-0.4, -0.2) is 25.5 Å². The first-order valence-corrected chi connectivity index (χ1v) is 7.47. The number of aryl methyl sites for hydroxylation is 1. The third kappa shape index (κ3) is 4.05. The van der Waals surface area contributed by atoms with Crippen LogP contribution in [0.2, 0.25) is 5.02 Å². The van der Waals surface area contributed by atoms with Crippen molar-refractivity contribution >= 4 is 11.6 Å². The summed E-state index contributed by atoms with van der Waals surface area (Å²) in [5.41, 5.74) is 0.0479. The molecule has 0 saturated carbocycles. The first-order chi connectivity index (χ1) is 9.80. The quantitative estimate of drug-likeness (QED) is 0.921. The van der Waals surface area contributed by atoms with Gasteiger partial charge in [0.15, 0.2) is 0 Å². The maximum Gasteiger partial charge on any atom is 0.137 e. The smallest absolute Gasteiger partial charge is 0.137 e. The van der Waals surface area contributed by atoms with E-state index in [-0.39, 0.29) is 5.41 Å². The Labute approximate surface area is 130 Å². The van der Waals surface area contributed by atoms with Crippen molar-refractivity contribution in [3.8, 4) is 0 Å². The maximum atomic E-state index is 11.1. The van der Waals surface area contributed by atoms with Crippen molar-refractivity contribution in [2.24, 2.45) is 5.41 Å². The minimum absolute atomic E-state index is 0.259. The molecule has 2 rings (SSSR count). The summed E-state index contributed by atoms with van der Waals surface area (Å²) < 4.78 is 1.69. The third-order valence-electron chi connectivity index (χ3n) is 4.03. The monoisotopic (exact) mass is 313 g/mol. The van der Waals surface area contributed by atoms with E-state index in [9.17, 15) is 5.11 Å². The lowest BCUT2D eigenvalue weighted by atomic mass is 9.74. The van der Waals surface area contributed by atoms with Crippen LogP contribution in [0.3, 0.4) is 0 Å². The maximum absolute atomic E-state index is 11.1. The number of nitrogens with zero attached hydrogens (tertiary/aromatic N) is 3. The lowest BCUT2D eigenvalue weighted by Crippen LogP contribution is -2.47. The first kappa shape index (κ1) is 16.0. The minimum Gasteiger partial charge on any atom is -0.387 e. The van der Waals surface area contributed by atoms with Gasteiger partial charge in [0.05, 0.1) is 12.1 Å². The normalized spacial score (nSPS) is 14.9. The lowest BCUT2D eigenvalue weighted by Gasteiger charge is -2.40. The van der Waals surface area contributed by atoms with Gasteiger partial charge in [0.1, 0.15) is 12.7 Å². The molecule has 1 aromatic heterocycles. The van der Waals surface area contributed by atoms with E-state index >= 15 is 0 Å². The lowest BCUT2D eigenvalue weighted by molar-refractivity contribution is -0.0796. The second-order valence-corrected chi connectivity index (χ2v) is 6.94. The van der Waals surface area contributed by atoms with E-state index < -0.39 is 5.60 Å². The Morgan fingerprint density at radius 1 is 1.19 bits per heavy atom. The molecule has 2 aromatic rings. The summed E-state index contributed by atoms with van der Waals surface area (Å²) in [6.45, 7) is 6.58. The zero-order chi connectivity index (χ0) is 15.5. The van der Waals surface area contributed by atoms with Gasteiger partial charge in [-0.1, -0.05) is 44.5 Å². The summed E-state index contributed by atoms with van der Waals surface area (Å²) >= 11 is 5.90. The van der Waals surface area contributed by atoms with Crippen LogP contribution in [0.25, 0.3) is 0 Å². The predicted octanol–water partition coefficient (Wildman–Crippen LogP) is 3.34. The molecule has 0 aliphatic rings. The van der Waals surface area contributed by atoms with Gasteiger partial charge in [0.2, 0.25) is 0 Å². The number of hydrogen-bond donors (Lipinski definition) is 1. The average Bonchev–Trinajstić information content (AvgIpc) is 2.89. The molecule has 0 aliphatic carbocycles. The zero-order valence-electron chi connectivity index (χ0n) is 12.8. The second-order valence-electron chi connectivity index (χ2n) is 6.50. The van der Waals surface area contributed by atoms with Crippen LogP contribution in [0, 0.1) is 5.41 Å². The SMILES string of the molecule is CC(C)(C)C(O)(CC[13c]1[13cH][13cH][13c](Cl)[13cH][13cH]1)Cn1cncn1. The Morgan fingerprint density at radius 3 is 2.38 bits per heavy atom. The Balaban J connectivity index is 2.11. The molecule has 1 heterocycles. The largest absolute Gasteiger partial charge is 0.387 e. The van der Waals surface area contributed by atoms with Gasteiger partial charge in [-0.3, -0.25) is 4.68 Å². The molecule has 1 N–H and O–H groups in total. The van der Waals surface area contributed by atoms with Crippen molar-refractivity contribution in [1.82, 2.24) is 14.8 Å². The molecule has 1 aromatic carbocycles. The summed E-state index contributed by atoms with van der Waals surface area (Å²) in [5, 5.41) is 16.0. The Bertz CT molecular complexity index is 560. The fourth-order valence-electron chi connectivity index (χ4n) is 2.28. The summed E-state index contributed by atoms with van der Waals surface area (Å²) in [5.74, 6) is 0. The highest BCUT2D eigenvalue weighted by molar-refractivity contribution is 6.30. The molecule has 0 amide bonds. The van der Waals surface area contributed by atoms with E-state index in [1.807, 2.05) is 45.0 Å². The summed E-state index contributed by atoms with van der Waals surface area (Å²) in [6.07, 6.45) is 4.57. The molecule has 114 valence electrons. The molecule has 0 spiro atoms. The summed E-state index contributed by atoms with van der Waals surface area (Å²) in [4.78, 5) is 3.94. The molecule has 4 nitrogen and oxygen atoms in total. The predicted molar refractivity (Wildman–Crippen MR) is 84.2 cm³/mol. The van der Waals surface area contributed by atoms with Crippen LogP contribution in [0.4, 0.5) is 0 Å². The number of halogens is 1. The molecule has 0 saturated heterocycles. The van der Waals surface area contributed by atoms with Gasteiger partial charge < -0.3 is 5.11 Å². The summed E-state index contributed by atoms with van der Waals surface area (Å²) in [6, 6.07) is 7.76. The van der Waals surface area contributed by atoms with Crippen molar-refractivity contribution in [3.63, 3.8) is 0 Å². The van der Waals surface area contributed by atoms with Crippen LogP contribution in [0.5, 0.6) is 0 Å². The number of hydrogen-bond acceptors (Lipinski definition) is 3. The minimum atomic E-state index is -0.861. The van der Waals surface area contributed by atoms with Gasteiger partial charge >= 0.3 is 0 Å². The van der Waals surface area contributed by atoms with E-state index in [2.05, 4.69) is 10.1 Å². The zero-order valence-corrected chi connectivity index (χ0v) is 13.5. The summed E-state index contributed by atoms with van der Waals surface area (Å²) in [7, 11) is 0. The van der Waals surface area contributed by atoms with Gasteiger partial charge in [-0.05, 0) is 36.0 Å². The molecule has 0 radical (unpaired) electrons. The topological polar surface area (TPSA) is 50.9 Å². The fraction of sp³-hybridized carbons (Fsp3) is 0.500. The van der Waals surface area contributed by atoms with Gasteiger partial charge in [0.25, 0.3) is 0 Å². The van der Waals surface area contributed by atoms with Gasteiger partial charge in [-0.15, -0.1) is 0 Å². The second kappa shape index (κ2) is 6.16. The average molecular weight is 314 g/mol. The molecule has 1 atom stereocenters. The van der Waals surface area contributed by atoms with E-state index in [1.54, 1.807) is 11.0 Å². The molecular weight excluding hydrogens is 292 g/mol. The van der Waals surface area contributed by atoms with Crippen molar-refractivity contribution in [3.05, 3.63) is 47.5 Å². The van der Waals surface area contributed by atoms with Crippen molar-refractivity contribution in [1.29, 1.82) is 0 Å². The first-order valence-electron chi connectivity index (χ1n) is 7.09. The van der Waals surface area contributed by atoms with E-state index in [0.29, 0.717) is 13.0 Å². The van der Waals surface area contributed by atoms with Crippen LogP contribution in [-0.2, 0) is 13.0 Å². The Kier molecular flexibility index (Phi) is 4.69. The van der Waals surface area contributed by atoms with Crippen molar-refractivity contribution < 1.29 is 5.11 Å². The Morgan fingerprint density at radius 2 is 1.86 bits per heavy atom. The van der Waals surface area contributed by atoms with Crippen LogP contribution >= 0.6 is 11.6 Å². The van der Waals surface area contributed by atoms with Gasteiger partial charge in [-0.25, -0.2) is 4.98 Å². The van der Waals surface area contributed by atoms with E-state index in [0.717, 1.165) is 11.4 Å². The molecular formula is C16H22ClN3O. The highest BCUT2D eigenvalue weighted by Gasteiger charge is 2.40. The van der Waals surface area contributed by atoms with Crippen LogP contribution in [0.1, 0.15) is 32.8 Å². The Hall–Kier alpha value is -1.39. The molecule has 0 aliphatic heterocycles. The molecule has 5 heteroatoms. The highest BCUT2D eigenvalue weighted by Crippen LogP contribution is 2.35. The van der Waals surface area contributed by atoms with Gasteiger partial charge in [-0.2, -0.15) is 5.10 Å².